The zero-order valence-corrected chi connectivity index (χ0v) is 8.88. The lowest BCUT2D eigenvalue weighted by molar-refractivity contribution is 0.853. The van der Waals surface area contributed by atoms with E-state index in [0.29, 0.717) is 16.5 Å². The van der Waals surface area contributed by atoms with Gasteiger partial charge < -0.3 is 5.73 Å². The summed E-state index contributed by atoms with van der Waals surface area (Å²) in [5, 5.41) is 3.35. The molecule has 1 aromatic heterocycles. The van der Waals surface area contributed by atoms with Crippen molar-refractivity contribution in [2.75, 3.05) is 5.73 Å². The second-order valence-electron chi connectivity index (χ2n) is 3.32. The quantitative estimate of drug-likeness (QED) is 0.773. The number of hydrogen-bond donors (Lipinski definition) is 2. The van der Waals surface area contributed by atoms with Gasteiger partial charge in [-0.1, -0.05) is 17.7 Å². The van der Waals surface area contributed by atoms with Gasteiger partial charge in [0.05, 0.1) is 5.69 Å². The fourth-order valence-electron chi connectivity index (χ4n) is 1.33. The number of benzene rings is 1. The summed E-state index contributed by atoms with van der Waals surface area (Å²) in [6.07, 6.45) is 0. The number of rotatable bonds is 1. The number of nitrogens with one attached hydrogen (secondary N) is 1. The highest BCUT2D eigenvalue weighted by Gasteiger charge is 2.04. The molecular weight excluding hydrogens is 214 g/mol. The van der Waals surface area contributed by atoms with E-state index >= 15 is 0 Å². The second kappa shape index (κ2) is 3.47. The van der Waals surface area contributed by atoms with E-state index in [1.165, 1.54) is 10.7 Å². The van der Waals surface area contributed by atoms with Crippen LogP contribution in [0.4, 0.5) is 5.82 Å². The third-order valence-electron chi connectivity index (χ3n) is 2.15. The summed E-state index contributed by atoms with van der Waals surface area (Å²) in [5.41, 5.74) is 6.91. The van der Waals surface area contributed by atoms with Gasteiger partial charge in [-0.3, -0.25) is 9.89 Å². The van der Waals surface area contributed by atoms with Crippen molar-refractivity contribution in [1.82, 2.24) is 9.78 Å². The van der Waals surface area contributed by atoms with Crippen molar-refractivity contribution in [3.63, 3.8) is 0 Å². The molecule has 0 spiro atoms. The summed E-state index contributed by atoms with van der Waals surface area (Å²) < 4.78 is 1.35. The lowest BCUT2D eigenvalue weighted by Crippen LogP contribution is -2.13. The van der Waals surface area contributed by atoms with Crippen LogP contribution in [-0.2, 0) is 0 Å². The van der Waals surface area contributed by atoms with Crippen molar-refractivity contribution < 1.29 is 0 Å². The number of anilines is 1. The van der Waals surface area contributed by atoms with Gasteiger partial charge in [-0.05, 0) is 24.6 Å². The number of nitrogens with two attached hydrogens (primary N) is 1. The van der Waals surface area contributed by atoms with Gasteiger partial charge in [0.25, 0.3) is 5.56 Å². The van der Waals surface area contributed by atoms with Crippen molar-refractivity contribution in [2.45, 2.75) is 6.92 Å². The van der Waals surface area contributed by atoms with E-state index in [1.54, 1.807) is 12.1 Å². The molecule has 0 aliphatic carbocycles. The largest absolute Gasteiger partial charge is 0.384 e. The highest BCUT2D eigenvalue weighted by Crippen LogP contribution is 2.18. The molecule has 0 aliphatic rings. The average Bonchev–Trinajstić information content (AvgIpc) is 2.50. The average molecular weight is 224 g/mol. The molecule has 0 unspecified atom stereocenters. The van der Waals surface area contributed by atoms with Gasteiger partial charge in [-0.25, -0.2) is 4.68 Å². The molecule has 2 rings (SSSR count). The molecule has 0 radical (unpaired) electrons. The van der Waals surface area contributed by atoms with Crippen LogP contribution in [0.25, 0.3) is 5.69 Å². The molecule has 15 heavy (non-hydrogen) atoms. The first-order chi connectivity index (χ1) is 7.08. The minimum atomic E-state index is -0.201. The molecule has 5 heteroatoms. The van der Waals surface area contributed by atoms with E-state index in [4.69, 9.17) is 17.3 Å². The number of H-pyrrole nitrogens is 1. The molecule has 0 aliphatic heterocycles. The van der Waals surface area contributed by atoms with E-state index in [0.717, 1.165) is 5.56 Å². The van der Waals surface area contributed by atoms with Crippen molar-refractivity contribution in [2.24, 2.45) is 0 Å². The van der Waals surface area contributed by atoms with Crippen molar-refractivity contribution in [3.05, 3.63) is 45.2 Å². The molecule has 1 heterocycles. The normalized spacial score (nSPS) is 10.5. The van der Waals surface area contributed by atoms with Crippen molar-refractivity contribution in [1.29, 1.82) is 0 Å². The molecule has 0 saturated heterocycles. The highest BCUT2D eigenvalue weighted by molar-refractivity contribution is 6.31. The fraction of sp³-hybridized carbons (Fsp3) is 0.100. The van der Waals surface area contributed by atoms with E-state index < -0.39 is 0 Å². The second-order valence-corrected chi connectivity index (χ2v) is 3.73. The van der Waals surface area contributed by atoms with Crippen molar-refractivity contribution in [3.8, 4) is 5.69 Å². The van der Waals surface area contributed by atoms with E-state index in [2.05, 4.69) is 5.10 Å². The standard InChI is InChI=1S/C10H10ClN3O/c1-6-2-3-7(4-8(6)11)14-10(15)5-9(12)13-14/h2-5,13H,12H2,1H3. The van der Waals surface area contributed by atoms with Gasteiger partial charge in [0.15, 0.2) is 0 Å². The van der Waals surface area contributed by atoms with Crippen LogP contribution in [-0.4, -0.2) is 9.78 Å². The molecule has 0 fully saturated rings. The lowest BCUT2D eigenvalue weighted by atomic mass is 10.2. The van der Waals surface area contributed by atoms with Gasteiger partial charge in [0, 0.05) is 11.1 Å². The Morgan fingerprint density at radius 2 is 2.13 bits per heavy atom. The Kier molecular flexibility index (Phi) is 2.28. The van der Waals surface area contributed by atoms with Gasteiger partial charge in [0.2, 0.25) is 0 Å². The Balaban J connectivity index is 2.59. The van der Waals surface area contributed by atoms with Crippen molar-refractivity contribution >= 4 is 17.4 Å². The molecule has 0 saturated carbocycles. The van der Waals surface area contributed by atoms with E-state index in [9.17, 15) is 4.79 Å². The maximum Gasteiger partial charge on any atom is 0.273 e. The van der Waals surface area contributed by atoms with Gasteiger partial charge >= 0.3 is 0 Å². The van der Waals surface area contributed by atoms with Crippen LogP contribution in [0.15, 0.2) is 29.1 Å². The Morgan fingerprint density at radius 3 is 2.67 bits per heavy atom. The Morgan fingerprint density at radius 1 is 1.40 bits per heavy atom. The van der Waals surface area contributed by atoms with E-state index in [-0.39, 0.29) is 5.56 Å². The molecule has 1 aromatic carbocycles. The Labute approximate surface area is 91.3 Å². The van der Waals surface area contributed by atoms with Gasteiger partial charge in [-0.2, -0.15) is 0 Å². The van der Waals surface area contributed by atoms with E-state index in [1.807, 2.05) is 13.0 Å². The van der Waals surface area contributed by atoms with Gasteiger partial charge in [0.1, 0.15) is 5.82 Å². The van der Waals surface area contributed by atoms with Crippen LogP contribution in [0, 0.1) is 6.92 Å². The maximum atomic E-state index is 11.4. The maximum absolute atomic E-state index is 11.4. The first kappa shape index (κ1) is 9.86. The summed E-state index contributed by atoms with van der Waals surface area (Å²) in [7, 11) is 0. The van der Waals surface area contributed by atoms with Crippen LogP contribution < -0.4 is 11.3 Å². The van der Waals surface area contributed by atoms with Crippen LogP contribution in [0.3, 0.4) is 0 Å². The predicted molar refractivity (Wildman–Crippen MR) is 60.5 cm³/mol. The SMILES string of the molecule is Cc1ccc(-n2[nH]c(N)cc2=O)cc1Cl. The lowest BCUT2D eigenvalue weighted by Gasteiger charge is -2.03. The van der Waals surface area contributed by atoms with Crippen LogP contribution in [0.2, 0.25) is 5.02 Å². The Bertz CT molecular complexity index is 556. The number of halogens is 1. The highest BCUT2D eigenvalue weighted by atomic mass is 35.5. The molecule has 78 valence electrons. The zero-order chi connectivity index (χ0) is 11.0. The minimum Gasteiger partial charge on any atom is -0.384 e. The monoisotopic (exact) mass is 223 g/mol. The number of hydrogen-bond acceptors (Lipinski definition) is 2. The molecule has 2 aromatic rings. The summed E-state index contributed by atoms with van der Waals surface area (Å²) in [6, 6.07) is 6.70. The topological polar surface area (TPSA) is 63.8 Å². The zero-order valence-electron chi connectivity index (χ0n) is 8.12. The first-order valence-electron chi connectivity index (χ1n) is 4.42. The number of aromatic amines is 1. The number of nitrogens with zero attached hydrogens (tertiary/aromatic N) is 1. The number of nitrogen functional groups attached to an aromatic ring is 1. The molecule has 4 nitrogen and oxygen atoms in total. The predicted octanol–water partition coefficient (Wildman–Crippen LogP) is 1.71. The molecule has 0 bridgehead atoms. The molecular formula is C10H10ClN3O. The molecule has 3 N–H and O–H groups in total. The van der Waals surface area contributed by atoms with Crippen LogP contribution >= 0.6 is 11.6 Å². The molecule has 0 amide bonds. The summed E-state index contributed by atoms with van der Waals surface area (Å²) in [6.45, 7) is 1.90. The number of aromatic nitrogens is 2. The first-order valence-corrected chi connectivity index (χ1v) is 4.80. The van der Waals surface area contributed by atoms with Gasteiger partial charge in [-0.15, -0.1) is 0 Å². The summed E-state index contributed by atoms with van der Waals surface area (Å²) in [5.74, 6) is 0.330. The third-order valence-corrected chi connectivity index (χ3v) is 2.56. The Hall–Kier alpha value is -1.68. The summed E-state index contributed by atoms with van der Waals surface area (Å²) in [4.78, 5) is 11.4. The fourth-order valence-corrected chi connectivity index (χ4v) is 1.50. The van der Waals surface area contributed by atoms with Crippen LogP contribution in [0.1, 0.15) is 5.56 Å². The van der Waals surface area contributed by atoms with Crippen LogP contribution in [0.5, 0.6) is 0 Å². The molecule has 0 atom stereocenters. The number of aryl methyl sites for hydroxylation is 1. The minimum absolute atomic E-state index is 0.201. The summed E-state index contributed by atoms with van der Waals surface area (Å²) >= 11 is 5.96. The smallest absolute Gasteiger partial charge is 0.273 e. The third kappa shape index (κ3) is 1.76.